The van der Waals surface area contributed by atoms with E-state index in [9.17, 15) is 9.59 Å². The summed E-state index contributed by atoms with van der Waals surface area (Å²) in [4.78, 5) is 28.7. The maximum absolute atomic E-state index is 12.7. The highest BCUT2D eigenvalue weighted by atomic mass is 35.5. The van der Waals surface area contributed by atoms with E-state index >= 15 is 0 Å². The highest BCUT2D eigenvalue weighted by molar-refractivity contribution is 6.31. The largest absolute Gasteiger partial charge is 0.335 e. The van der Waals surface area contributed by atoms with Crippen molar-refractivity contribution in [3.63, 3.8) is 0 Å². The number of carbonyl (C=O) groups excluding carboxylic acids is 2. The standard InChI is InChI=1S/C19H19ClN2O2/c1-14-7-8-16(20)13-17(14)19(24)22-11-9-21(10-12-22)18(23)15-5-3-2-4-6-15/h2-8,13H,9-12H2,1H3. The van der Waals surface area contributed by atoms with E-state index in [2.05, 4.69) is 0 Å². The first-order valence-corrected chi connectivity index (χ1v) is 8.34. The molecule has 0 bridgehead atoms. The Morgan fingerprint density at radius 1 is 0.875 bits per heavy atom. The summed E-state index contributed by atoms with van der Waals surface area (Å²) in [6, 6.07) is 14.6. The van der Waals surface area contributed by atoms with Gasteiger partial charge in [-0.15, -0.1) is 0 Å². The Labute approximate surface area is 146 Å². The minimum atomic E-state index is -0.0261. The van der Waals surface area contributed by atoms with Gasteiger partial charge in [0.1, 0.15) is 0 Å². The fourth-order valence-corrected chi connectivity index (χ4v) is 3.04. The number of carbonyl (C=O) groups is 2. The Bertz CT molecular complexity index is 753. The van der Waals surface area contributed by atoms with E-state index in [4.69, 9.17) is 11.6 Å². The number of rotatable bonds is 2. The molecule has 0 spiro atoms. The monoisotopic (exact) mass is 342 g/mol. The van der Waals surface area contributed by atoms with Crippen molar-refractivity contribution in [3.8, 4) is 0 Å². The Kier molecular flexibility index (Phi) is 4.86. The van der Waals surface area contributed by atoms with Crippen molar-refractivity contribution >= 4 is 23.4 Å². The Balaban J connectivity index is 1.66. The van der Waals surface area contributed by atoms with Crippen molar-refractivity contribution in [2.45, 2.75) is 6.92 Å². The molecule has 4 nitrogen and oxygen atoms in total. The summed E-state index contributed by atoms with van der Waals surface area (Å²) in [6.45, 7) is 4.05. The van der Waals surface area contributed by atoms with E-state index in [0.29, 0.717) is 42.3 Å². The summed E-state index contributed by atoms with van der Waals surface area (Å²) in [5, 5.41) is 0.557. The Morgan fingerprint density at radius 2 is 1.46 bits per heavy atom. The van der Waals surface area contributed by atoms with Crippen LogP contribution in [0.25, 0.3) is 0 Å². The summed E-state index contributed by atoms with van der Waals surface area (Å²) in [5.74, 6) is -0.0107. The molecule has 2 aromatic rings. The maximum Gasteiger partial charge on any atom is 0.254 e. The molecule has 24 heavy (non-hydrogen) atoms. The van der Waals surface area contributed by atoms with Gasteiger partial charge < -0.3 is 9.80 Å². The van der Waals surface area contributed by atoms with Crippen molar-refractivity contribution in [1.82, 2.24) is 9.80 Å². The lowest BCUT2D eigenvalue weighted by Gasteiger charge is -2.35. The molecule has 2 aromatic carbocycles. The maximum atomic E-state index is 12.7. The van der Waals surface area contributed by atoms with E-state index < -0.39 is 0 Å². The molecular formula is C19H19ClN2O2. The number of amides is 2. The molecule has 2 amide bonds. The molecule has 1 aliphatic rings. The number of aryl methyl sites for hydroxylation is 1. The SMILES string of the molecule is Cc1ccc(Cl)cc1C(=O)N1CCN(C(=O)c2ccccc2)CC1. The van der Waals surface area contributed by atoms with Gasteiger partial charge in [0.25, 0.3) is 11.8 Å². The molecule has 0 aliphatic carbocycles. The van der Waals surface area contributed by atoms with Gasteiger partial charge in [0.15, 0.2) is 0 Å². The van der Waals surface area contributed by atoms with E-state index in [0.717, 1.165) is 5.56 Å². The molecule has 0 radical (unpaired) electrons. The first-order valence-electron chi connectivity index (χ1n) is 7.96. The zero-order valence-electron chi connectivity index (χ0n) is 13.5. The van der Waals surface area contributed by atoms with Gasteiger partial charge in [-0.25, -0.2) is 0 Å². The van der Waals surface area contributed by atoms with Crippen LogP contribution in [0.2, 0.25) is 5.02 Å². The second kappa shape index (κ2) is 7.05. The molecule has 1 fully saturated rings. The molecular weight excluding hydrogens is 324 g/mol. The van der Waals surface area contributed by atoms with E-state index in [1.54, 1.807) is 21.9 Å². The number of hydrogen-bond acceptors (Lipinski definition) is 2. The minimum absolute atomic E-state index is 0.0154. The summed E-state index contributed by atoms with van der Waals surface area (Å²) < 4.78 is 0. The highest BCUT2D eigenvalue weighted by Gasteiger charge is 2.26. The van der Waals surface area contributed by atoms with Gasteiger partial charge in [-0.1, -0.05) is 35.9 Å². The minimum Gasteiger partial charge on any atom is -0.335 e. The van der Waals surface area contributed by atoms with Crippen LogP contribution in [0.15, 0.2) is 48.5 Å². The van der Waals surface area contributed by atoms with Crippen LogP contribution in [0, 0.1) is 6.92 Å². The lowest BCUT2D eigenvalue weighted by Crippen LogP contribution is -2.50. The van der Waals surface area contributed by atoms with Crippen LogP contribution in [-0.2, 0) is 0 Å². The smallest absolute Gasteiger partial charge is 0.254 e. The lowest BCUT2D eigenvalue weighted by atomic mass is 10.1. The predicted octanol–water partition coefficient (Wildman–Crippen LogP) is 3.25. The highest BCUT2D eigenvalue weighted by Crippen LogP contribution is 2.18. The summed E-state index contributed by atoms with van der Waals surface area (Å²) in [6.07, 6.45) is 0. The van der Waals surface area contributed by atoms with E-state index in [1.165, 1.54) is 0 Å². The summed E-state index contributed by atoms with van der Waals surface area (Å²) in [7, 11) is 0. The molecule has 3 rings (SSSR count). The van der Waals surface area contributed by atoms with Crippen molar-refractivity contribution in [2.24, 2.45) is 0 Å². The molecule has 124 valence electrons. The first kappa shape index (κ1) is 16.5. The lowest BCUT2D eigenvalue weighted by molar-refractivity contribution is 0.0535. The average Bonchev–Trinajstić information content (AvgIpc) is 2.63. The zero-order valence-corrected chi connectivity index (χ0v) is 14.3. The number of piperazine rings is 1. The van der Waals surface area contributed by atoms with Gasteiger partial charge in [-0.3, -0.25) is 9.59 Å². The number of nitrogens with zero attached hydrogens (tertiary/aromatic N) is 2. The topological polar surface area (TPSA) is 40.6 Å². The number of benzene rings is 2. The van der Waals surface area contributed by atoms with Crippen LogP contribution < -0.4 is 0 Å². The van der Waals surface area contributed by atoms with Gasteiger partial charge in [0.05, 0.1) is 0 Å². The number of hydrogen-bond donors (Lipinski definition) is 0. The second-order valence-electron chi connectivity index (χ2n) is 5.91. The Hall–Kier alpha value is -2.33. The van der Waals surface area contributed by atoms with Crippen molar-refractivity contribution in [3.05, 3.63) is 70.2 Å². The first-order chi connectivity index (χ1) is 11.6. The van der Waals surface area contributed by atoms with E-state index in [-0.39, 0.29) is 11.8 Å². The van der Waals surface area contributed by atoms with Crippen LogP contribution in [-0.4, -0.2) is 47.8 Å². The summed E-state index contributed by atoms with van der Waals surface area (Å²) >= 11 is 6.01. The molecule has 0 atom stereocenters. The third kappa shape index (κ3) is 3.44. The van der Waals surface area contributed by atoms with Gasteiger partial charge in [0, 0.05) is 42.3 Å². The molecule has 1 saturated heterocycles. The van der Waals surface area contributed by atoms with Crippen LogP contribution >= 0.6 is 11.6 Å². The summed E-state index contributed by atoms with van der Waals surface area (Å²) in [5.41, 5.74) is 2.22. The molecule has 1 aliphatic heterocycles. The molecule has 0 saturated carbocycles. The molecule has 1 heterocycles. The van der Waals surface area contributed by atoms with Crippen LogP contribution in [0.4, 0.5) is 0 Å². The van der Waals surface area contributed by atoms with Crippen molar-refractivity contribution in [2.75, 3.05) is 26.2 Å². The van der Waals surface area contributed by atoms with Crippen LogP contribution in [0.1, 0.15) is 26.3 Å². The fourth-order valence-electron chi connectivity index (χ4n) is 2.87. The van der Waals surface area contributed by atoms with Gasteiger partial charge in [-0.05, 0) is 36.8 Å². The van der Waals surface area contributed by atoms with Crippen LogP contribution in [0.3, 0.4) is 0 Å². The van der Waals surface area contributed by atoms with Crippen LogP contribution in [0.5, 0.6) is 0 Å². The van der Waals surface area contributed by atoms with Gasteiger partial charge in [-0.2, -0.15) is 0 Å². The molecule has 0 unspecified atom stereocenters. The number of halogens is 1. The fraction of sp³-hybridized carbons (Fsp3) is 0.263. The van der Waals surface area contributed by atoms with Crippen molar-refractivity contribution in [1.29, 1.82) is 0 Å². The average molecular weight is 343 g/mol. The molecule has 0 aromatic heterocycles. The zero-order chi connectivity index (χ0) is 17.1. The normalized spacial score (nSPS) is 14.6. The van der Waals surface area contributed by atoms with E-state index in [1.807, 2.05) is 43.3 Å². The quantitative estimate of drug-likeness (QED) is 0.840. The third-order valence-corrected chi connectivity index (χ3v) is 4.54. The van der Waals surface area contributed by atoms with Gasteiger partial charge in [0.2, 0.25) is 0 Å². The second-order valence-corrected chi connectivity index (χ2v) is 6.35. The molecule has 0 N–H and O–H groups in total. The molecule has 5 heteroatoms. The Morgan fingerprint density at radius 3 is 2.08 bits per heavy atom. The third-order valence-electron chi connectivity index (χ3n) is 4.30. The van der Waals surface area contributed by atoms with Gasteiger partial charge >= 0.3 is 0 Å². The predicted molar refractivity (Wildman–Crippen MR) is 94.4 cm³/mol. The van der Waals surface area contributed by atoms with Crippen molar-refractivity contribution < 1.29 is 9.59 Å².